The monoisotopic (exact) mass is 315 g/mol. The third kappa shape index (κ3) is 3.78. The number of nitrogens with one attached hydrogen (secondary N) is 1. The minimum Gasteiger partial charge on any atom is -0.314 e. The van der Waals surface area contributed by atoms with Gasteiger partial charge in [-0.25, -0.2) is 0 Å². The molecule has 21 heavy (non-hydrogen) atoms. The van der Waals surface area contributed by atoms with E-state index in [9.17, 15) is 8.42 Å². The van der Waals surface area contributed by atoms with Crippen molar-refractivity contribution in [2.45, 2.75) is 51.5 Å². The van der Waals surface area contributed by atoms with Gasteiger partial charge in [0, 0.05) is 32.2 Å². The van der Waals surface area contributed by atoms with E-state index in [0.29, 0.717) is 31.5 Å². The molecule has 0 spiro atoms. The summed E-state index contributed by atoms with van der Waals surface area (Å²) in [6.45, 7) is 6.06. The van der Waals surface area contributed by atoms with E-state index in [0.717, 1.165) is 44.8 Å². The van der Waals surface area contributed by atoms with Gasteiger partial charge in [0.25, 0.3) is 10.2 Å². The third-order valence-electron chi connectivity index (χ3n) is 5.32. The summed E-state index contributed by atoms with van der Waals surface area (Å²) in [7, 11) is -3.20. The van der Waals surface area contributed by atoms with Gasteiger partial charge in [-0.05, 0) is 50.5 Å². The Morgan fingerprint density at radius 2 is 1.57 bits per heavy atom. The molecule has 3 aliphatic rings. The van der Waals surface area contributed by atoms with E-state index in [1.807, 2.05) is 0 Å². The van der Waals surface area contributed by atoms with Gasteiger partial charge < -0.3 is 5.32 Å². The first-order valence-electron chi connectivity index (χ1n) is 8.58. The minimum atomic E-state index is -3.20. The lowest BCUT2D eigenvalue weighted by atomic mass is 9.98. The maximum absolute atomic E-state index is 12.7. The van der Waals surface area contributed by atoms with Crippen LogP contribution in [0.4, 0.5) is 0 Å². The predicted octanol–water partition coefficient (Wildman–Crippen LogP) is 1.43. The van der Waals surface area contributed by atoms with Gasteiger partial charge >= 0.3 is 0 Å². The average Bonchev–Trinajstić information content (AvgIpc) is 3.19. The van der Waals surface area contributed by atoms with Crippen molar-refractivity contribution in [3.63, 3.8) is 0 Å². The number of hydrogen-bond donors (Lipinski definition) is 1. The fourth-order valence-corrected chi connectivity index (χ4v) is 5.20. The fraction of sp³-hybridized carbons (Fsp3) is 1.00. The molecule has 1 atom stereocenters. The van der Waals surface area contributed by atoms with Crippen molar-refractivity contribution >= 4 is 10.2 Å². The van der Waals surface area contributed by atoms with E-state index in [-0.39, 0.29) is 0 Å². The molecule has 3 rings (SSSR count). The lowest BCUT2D eigenvalue weighted by molar-refractivity contribution is 0.252. The maximum atomic E-state index is 12.7. The Kier molecular flexibility index (Phi) is 4.88. The Bertz CT molecular complexity index is 442. The first-order valence-corrected chi connectivity index (χ1v) is 9.98. The molecule has 122 valence electrons. The standard InChI is InChI=1S/C15H29N3O2S/c1-2-13-5-10-18(12-13)21(19,20)17-8-6-14(7-9-17)11-16-15-3-4-15/h13-16H,2-12H2,1H3. The van der Waals surface area contributed by atoms with Crippen LogP contribution in [0.1, 0.15) is 45.4 Å². The van der Waals surface area contributed by atoms with Crippen molar-refractivity contribution < 1.29 is 8.42 Å². The van der Waals surface area contributed by atoms with Crippen molar-refractivity contribution in [1.82, 2.24) is 13.9 Å². The zero-order chi connectivity index (χ0) is 14.9. The predicted molar refractivity (Wildman–Crippen MR) is 84.2 cm³/mol. The van der Waals surface area contributed by atoms with Gasteiger partial charge in [0.1, 0.15) is 0 Å². The topological polar surface area (TPSA) is 52.7 Å². The van der Waals surface area contributed by atoms with Gasteiger partial charge in [-0.2, -0.15) is 17.0 Å². The molecule has 3 fully saturated rings. The molecule has 1 aliphatic carbocycles. The summed E-state index contributed by atoms with van der Waals surface area (Å²) in [4.78, 5) is 0. The van der Waals surface area contributed by atoms with Crippen LogP contribution < -0.4 is 5.32 Å². The van der Waals surface area contributed by atoms with Crippen LogP contribution >= 0.6 is 0 Å². The van der Waals surface area contributed by atoms with E-state index >= 15 is 0 Å². The second-order valence-electron chi connectivity index (χ2n) is 6.95. The van der Waals surface area contributed by atoms with Crippen LogP contribution in [-0.2, 0) is 10.2 Å². The largest absolute Gasteiger partial charge is 0.314 e. The Morgan fingerprint density at radius 3 is 2.14 bits per heavy atom. The van der Waals surface area contributed by atoms with Crippen molar-refractivity contribution in [3.8, 4) is 0 Å². The van der Waals surface area contributed by atoms with Crippen LogP contribution in [0.15, 0.2) is 0 Å². The second-order valence-corrected chi connectivity index (χ2v) is 8.88. The molecule has 2 saturated heterocycles. The molecule has 1 N–H and O–H groups in total. The number of hydrogen-bond acceptors (Lipinski definition) is 3. The molecule has 2 heterocycles. The third-order valence-corrected chi connectivity index (χ3v) is 7.33. The zero-order valence-corrected chi connectivity index (χ0v) is 13.9. The van der Waals surface area contributed by atoms with Gasteiger partial charge in [0.05, 0.1) is 0 Å². The van der Waals surface area contributed by atoms with Crippen LogP contribution in [0.25, 0.3) is 0 Å². The van der Waals surface area contributed by atoms with Gasteiger partial charge in [0.15, 0.2) is 0 Å². The van der Waals surface area contributed by atoms with Crippen LogP contribution in [0.3, 0.4) is 0 Å². The highest BCUT2D eigenvalue weighted by atomic mass is 32.2. The van der Waals surface area contributed by atoms with E-state index in [1.165, 1.54) is 12.8 Å². The highest BCUT2D eigenvalue weighted by Gasteiger charge is 2.36. The minimum absolute atomic E-state index is 0.556. The summed E-state index contributed by atoms with van der Waals surface area (Å²) in [5.41, 5.74) is 0. The Labute approximate surface area is 129 Å². The van der Waals surface area contributed by atoms with Crippen LogP contribution in [0.5, 0.6) is 0 Å². The number of nitrogens with zero attached hydrogens (tertiary/aromatic N) is 2. The number of piperidine rings is 1. The fourth-order valence-electron chi connectivity index (χ4n) is 3.47. The molecule has 0 aromatic carbocycles. The smallest absolute Gasteiger partial charge is 0.281 e. The van der Waals surface area contributed by atoms with E-state index in [4.69, 9.17) is 0 Å². The molecule has 0 bridgehead atoms. The van der Waals surface area contributed by atoms with Crippen molar-refractivity contribution in [3.05, 3.63) is 0 Å². The van der Waals surface area contributed by atoms with Crippen LogP contribution in [0, 0.1) is 11.8 Å². The first-order chi connectivity index (χ1) is 10.1. The second kappa shape index (κ2) is 6.52. The maximum Gasteiger partial charge on any atom is 0.281 e. The highest BCUT2D eigenvalue weighted by Crippen LogP contribution is 2.27. The molecular formula is C15H29N3O2S. The molecule has 5 nitrogen and oxygen atoms in total. The highest BCUT2D eigenvalue weighted by molar-refractivity contribution is 7.86. The Balaban J connectivity index is 1.48. The summed E-state index contributed by atoms with van der Waals surface area (Å²) >= 11 is 0. The quantitative estimate of drug-likeness (QED) is 0.807. The summed E-state index contributed by atoms with van der Waals surface area (Å²) in [5, 5.41) is 3.57. The molecule has 0 radical (unpaired) electrons. The zero-order valence-electron chi connectivity index (χ0n) is 13.1. The Morgan fingerprint density at radius 1 is 0.952 bits per heavy atom. The lowest BCUT2D eigenvalue weighted by Gasteiger charge is -2.33. The van der Waals surface area contributed by atoms with Crippen molar-refractivity contribution in [2.75, 3.05) is 32.7 Å². The van der Waals surface area contributed by atoms with Gasteiger partial charge in [-0.15, -0.1) is 0 Å². The van der Waals surface area contributed by atoms with E-state index < -0.39 is 10.2 Å². The normalized spacial score (nSPS) is 30.0. The molecule has 0 aromatic heterocycles. The lowest BCUT2D eigenvalue weighted by Crippen LogP contribution is -2.47. The summed E-state index contributed by atoms with van der Waals surface area (Å²) in [5.74, 6) is 1.21. The molecule has 6 heteroatoms. The molecule has 0 aromatic rings. The average molecular weight is 315 g/mol. The summed E-state index contributed by atoms with van der Waals surface area (Å²) in [6, 6.07) is 0.752. The Hall–Kier alpha value is -0.170. The van der Waals surface area contributed by atoms with Crippen molar-refractivity contribution in [2.24, 2.45) is 11.8 Å². The summed E-state index contributed by atoms with van der Waals surface area (Å²) < 4.78 is 28.8. The van der Waals surface area contributed by atoms with E-state index in [1.54, 1.807) is 8.61 Å². The molecule has 1 unspecified atom stereocenters. The van der Waals surface area contributed by atoms with Crippen molar-refractivity contribution in [1.29, 1.82) is 0 Å². The molecule has 0 amide bonds. The molecule has 1 saturated carbocycles. The first kappa shape index (κ1) is 15.7. The van der Waals surface area contributed by atoms with E-state index in [2.05, 4.69) is 12.2 Å². The molecular weight excluding hydrogens is 286 g/mol. The van der Waals surface area contributed by atoms with Gasteiger partial charge in [-0.3, -0.25) is 0 Å². The molecule has 2 aliphatic heterocycles. The van der Waals surface area contributed by atoms with Crippen LogP contribution in [0.2, 0.25) is 0 Å². The van der Waals surface area contributed by atoms with Gasteiger partial charge in [-0.1, -0.05) is 13.3 Å². The SMILES string of the molecule is CCC1CCN(S(=O)(=O)N2CCC(CNC3CC3)CC2)C1. The van der Waals surface area contributed by atoms with Gasteiger partial charge in [0.2, 0.25) is 0 Å². The summed E-state index contributed by atoms with van der Waals surface area (Å²) in [6.07, 6.45) is 6.76. The van der Waals surface area contributed by atoms with Crippen LogP contribution in [-0.4, -0.2) is 55.8 Å². The number of rotatable bonds is 6.